The Balaban J connectivity index is 2.06. The van der Waals surface area contributed by atoms with Crippen molar-refractivity contribution in [3.63, 3.8) is 0 Å². The van der Waals surface area contributed by atoms with Crippen LogP contribution in [0.1, 0.15) is 49.9 Å². The number of methoxy groups -OCH3 is 3. The summed E-state index contributed by atoms with van der Waals surface area (Å²) in [6.45, 7) is 3.70. The van der Waals surface area contributed by atoms with Crippen molar-refractivity contribution in [2.24, 2.45) is 5.92 Å². The molecule has 0 bridgehead atoms. The highest BCUT2D eigenvalue weighted by Crippen LogP contribution is 2.38. The largest absolute Gasteiger partial charge is 0.493 e. The predicted molar refractivity (Wildman–Crippen MR) is 101 cm³/mol. The van der Waals surface area contributed by atoms with Gasteiger partial charge in [0.05, 0.1) is 26.9 Å². The average molecular weight is 379 g/mol. The molecule has 1 fully saturated rings. The van der Waals surface area contributed by atoms with Crippen LogP contribution in [0.2, 0.25) is 0 Å². The Bertz CT molecular complexity index is 649. The number of ether oxygens (including phenoxy) is 4. The van der Waals surface area contributed by atoms with E-state index in [0.29, 0.717) is 23.2 Å². The van der Waals surface area contributed by atoms with Gasteiger partial charge < -0.3 is 24.3 Å². The predicted octanol–water partition coefficient (Wildman–Crippen LogP) is 2.95. The molecule has 1 aromatic rings. The molecular weight excluding hydrogens is 350 g/mol. The van der Waals surface area contributed by atoms with Crippen LogP contribution in [0.25, 0.3) is 0 Å². The van der Waals surface area contributed by atoms with Crippen molar-refractivity contribution >= 4 is 11.9 Å². The normalized spacial score (nSPS) is 20.3. The molecule has 0 spiro atoms. The van der Waals surface area contributed by atoms with E-state index < -0.39 is 12.1 Å². The average Bonchev–Trinajstić information content (AvgIpc) is 2.68. The molecule has 1 aliphatic rings. The minimum Gasteiger partial charge on any atom is -0.493 e. The lowest BCUT2D eigenvalue weighted by Gasteiger charge is -2.30. The standard InChI is InChI=1S/C20H29NO6/c1-12-8-6-7-9-15(12)21-19(22)13(2)27-20(23)14-10-16(24-3)18(26-5)17(11-14)25-4/h10-13,15H,6-9H2,1-5H3,(H,21,22)/t12-,13+,15-/m0/s1. The van der Waals surface area contributed by atoms with Gasteiger partial charge in [0.15, 0.2) is 17.6 Å². The number of hydrogen-bond acceptors (Lipinski definition) is 6. The van der Waals surface area contributed by atoms with Gasteiger partial charge in [0.2, 0.25) is 5.75 Å². The van der Waals surface area contributed by atoms with E-state index in [-0.39, 0.29) is 17.5 Å². The van der Waals surface area contributed by atoms with Crippen LogP contribution >= 0.6 is 0 Å². The molecule has 0 radical (unpaired) electrons. The Morgan fingerprint density at radius 2 is 1.63 bits per heavy atom. The minimum atomic E-state index is -0.897. The van der Waals surface area contributed by atoms with Crippen molar-refractivity contribution < 1.29 is 28.5 Å². The second kappa shape index (κ2) is 9.48. The first-order valence-corrected chi connectivity index (χ1v) is 9.22. The van der Waals surface area contributed by atoms with Crippen LogP contribution in [0.15, 0.2) is 12.1 Å². The van der Waals surface area contributed by atoms with E-state index in [0.717, 1.165) is 19.3 Å². The molecule has 1 aromatic carbocycles. The first kappa shape index (κ1) is 20.9. The van der Waals surface area contributed by atoms with Crippen LogP contribution in [0.3, 0.4) is 0 Å². The number of carbonyl (C=O) groups is 2. The maximum atomic E-state index is 12.5. The van der Waals surface area contributed by atoms with Crippen LogP contribution in [0.5, 0.6) is 17.2 Å². The molecule has 0 unspecified atom stereocenters. The van der Waals surface area contributed by atoms with Gasteiger partial charge in [0.1, 0.15) is 0 Å². The summed E-state index contributed by atoms with van der Waals surface area (Å²) in [5.41, 5.74) is 0.218. The lowest BCUT2D eigenvalue weighted by atomic mass is 9.86. The Hall–Kier alpha value is -2.44. The second-order valence-corrected chi connectivity index (χ2v) is 6.84. The lowest BCUT2D eigenvalue weighted by Crippen LogP contribution is -2.45. The molecule has 0 aliphatic heterocycles. The molecule has 27 heavy (non-hydrogen) atoms. The molecule has 1 amide bonds. The molecule has 3 atom stereocenters. The van der Waals surface area contributed by atoms with E-state index >= 15 is 0 Å². The van der Waals surface area contributed by atoms with Gasteiger partial charge in [0.25, 0.3) is 5.91 Å². The molecular formula is C20H29NO6. The fourth-order valence-corrected chi connectivity index (χ4v) is 3.31. The fourth-order valence-electron chi connectivity index (χ4n) is 3.31. The first-order chi connectivity index (χ1) is 12.9. The highest BCUT2D eigenvalue weighted by molar-refractivity contribution is 5.93. The maximum absolute atomic E-state index is 12.5. The van der Waals surface area contributed by atoms with Crippen LogP contribution in [-0.2, 0) is 9.53 Å². The number of hydrogen-bond donors (Lipinski definition) is 1. The van der Waals surface area contributed by atoms with Crippen LogP contribution in [-0.4, -0.2) is 45.4 Å². The Labute approximate surface area is 160 Å². The van der Waals surface area contributed by atoms with Gasteiger partial charge >= 0.3 is 5.97 Å². The zero-order valence-corrected chi connectivity index (χ0v) is 16.7. The Morgan fingerprint density at radius 3 is 2.15 bits per heavy atom. The monoisotopic (exact) mass is 379 g/mol. The molecule has 7 nitrogen and oxygen atoms in total. The third-order valence-electron chi connectivity index (χ3n) is 4.99. The summed E-state index contributed by atoms with van der Waals surface area (Å²) in [4.78, 5) is 24.9. The molecule has 1 saturated carbocycles. The van der Waals surface area contributed by atoms with Crippen molar-refractivity contribution in [2.75, 3.05) is 21.3 Å². The van der Waals surface area contributed by atoms with Crippen molar-refractivity contribution in [1.82, 2.24) is 5.32 Å². The number of esters is 1. The summed E-state index contributed by atoms with van der Waals surface area (Å²) in [6, 6.07) is 3.13. The van der Waals surface area contributed by atoms with E-state index in [9.17, 15) is 9.59 Å². The molecule has 0 heterocycles. The zero-order chi connectivity index (χ0) is 20.0. The molecule has 1 aliphatic carbocycles. The zero-order valence-electron chi connectivity index (χ0n) is 16.7. The quantitative estimate of drug-likeness (QED) is 0.734. The SMILES string of the molecule is COc1cc(C(=O)O[C@H](C)C(=O)N[C@H]2CCCC[C@@H]2C)cc(OC)c1OC. The van der Waals surface area contributed by atoms with E-state index in [1.54, 1.807) is 6.92 Å². The van der Waals surface area contributed by atoms with Crippen LogP contribution in [0.4, 0.5) is 0 Å². The van der Waals surface area contributed by atoms with E-state index in [4.69, 9.17) is 18.9 Å². The third kappa shape index (κ3) is 5.05. The summed E-state index contributed by atoms with van der Waals surface area (Å²) < 4.78 is 21.1. The number of benzene rings is 1. The summed E-state index contributed by atoms with van der Waals surface area (Å²) in [6.07, 6.45) is 3.46. The van der Waals surface area contributed by atoms with E-state index in [2.05, 4.69) is 12.2 Å². The van der Waals surface area contributed by atoms with Crippen molar-refractivity contribution in [1.29, 1.82) is 0 Å². The molecule has 1 N–H and O–H groups in total. The highest BCUT2D eigenvalue weighted by Gasteiger charge is 2.27. The van der Waals surface area contributed by atoms with Gasteiger partial charge in [-0.3, -0.25) is 4.79 Å². The third-order valence-corrected chi connectivity index (χ3v) is 4.99. The van der Waals surface area contributed by atoms with Gasteiger partial charge in [-0.25, -0.2) is 4.79 Å². The number of amides is 1. The van der Waals surface area contributed by atoms with Gasteiger partial charge in [-0.2, -0.15) is 0 Å². The summed E-state index contributed by atoms with van der Waals surface area (Å²) in [7, 11) is 4.42. The number of rotatable bonds is 7. The molecule has 2 rings (SSSR count). The van der Waals surface area contributed by atoms with Gasteiger partial charge in [0, 0.05) is 6.04 Å². The van der Waals surface area contributed by atoms with Gasteiger partial charge in [-0.15, -0.1) is 0 Å². The summed E-state index contributed by atoms with van der Waals surface area (Å²) in [5.74, 6) is 0.589. The van der Waals surface area contributed by atoms with Crippen molar-refractivity contribution in [3.05, 3.63) is 17.7 Å². The molecule has 0 saturated heterocycles. The molecule has 7 heteroatoms. The number of carbonyl (C=O) groups excluding carboxylic acids is 2. The van der Waals surface area contributed by atoms with Gasteiger partial charge in [-0.05, 0) is 37.8 Å². The topological polar surface area (TPSA) is 83.1 Å². The van der Waals surface area contributed by atoms with E-state index in [1.807, 2.05) is 0 Å². The highest BCUT2D eigenvalue weighted by atomic mass is 16.5. The first-order valence-electron chi connectivity index (χ1n) is 9.22. The summed E-state index contributed by atoms with van der Waals surface area (Å²) >= 11 is 0. The lowest BCUT2D eigenvalue weighted by molar-refractivity contribution is -0.130. The Kier molecular flexibility index (Phi) is 7.33. The maximum Gasteiger partial charge on any atom is 0.339 e. The number of nitrogens with one attached hydrogen (secondary N) is 1. The van der Waals surface area contributed by atoms with Crippen LogP contribution in [0, 0.1) is 5.92 Å². The van der Waals surface area contributed by atoms with Crippen molar-refractivity contribution in [3.8, 4) is 17.2 Å². The van der Waals surface area contributed by atoms with Gasteiger partial charge in [-0.1, -0.05) is 19.8 Å². The van der Waals surface area contributed by atoms with E-state index in [1.165, 1.54) is 39.9 Å². The Morgan fingerprint density at radius 1 is 1.04 bits per heavy atom. The van der Waals surface area contributed by atoms with Crippen molar-refractivity contribution in [2.45, 2.75) is 51.7 Å². The second-order valence-electron chi connectivity index (χ2n) is 6.84. The summed E-state index contributed by atoms with van der Waals surface area (Å²) in [5, 5.41) is 3.00. The minimum absolute atomic E-state index is 0.133. The fraction of sp³-hybridized carbons (Fsp3) is 0.600. The molecule has 150 valence electrons. The van der Waals surface area contributed by atoms with Crippen LogP contribution < -0.4 is 19.5 Å². The smallest absolute Gasteiger partial charge is 0.339 e. The molecule has 0 aromatic heterocycles.